The third kappa shape index (κ3) is 7.66. The first-order valence-corrected chi connectivity index (χ1v) is 14.9. The van der Waals surface area contributed by atoms with Crippen LogP contribution in [0.2, 0.25) is 0 Å². The number of anilines is 4. The van der Waals surface area contributed by atoms with Crippen molar-refractivity contribution < 1.29 is 0 Å². The molecule has 0 aliphatic carbocycles. The normalized spacial score (nSPS) is 14.0. The molecule has 1 aliphatic heterocycles. The van der Waals surface area contributed by atoms with E-state index >= 15 is 0 Å². The number of likely N-dealkylation sites (tertiary alicyclic amines) is 1. The van der Waals surface area contributed by atoms with Gasteiger partial charge in [0.05, 0.1) is 28.8 Å². The topological polar surface area (TPSA) is 155 Å². The Morgan fingerprint density at radius 2 is 1.84 bits per heavy atom. The molecule has 3 heterocycles. The minimum absolute atomic E-state index is 0.175. The molecular formula is C34H37N11. The molecule has 1 fully saturated rings. The van der Waals surface area contributed by atoms with Crippen LogP contribution in [0, 0.1) is 22.7 Å². The van der Waals surface area contributed by atoms with Crippen molar-refractivity contribution >= 4 is 23.0 Å². The fourth-order valence-corrected chi connectivity index (χ4v) is 5.56. The highest BCUT2D eigenvalue weighted by atomic mass is 15.3. The fourth-order valence-electron chi connectivity index (χ4n) is 5.56. The molecule has 0 radical (unpaired) electrons. The van der Waals surface area contributed by atoms with Gasteiger partial charge in [0, 0.05) is 50.2 Å². The Morgan fingerprint density at radius 3 is 2.53 bits per heavy atom. The summed E-state index contributed by atoms with van der Waals surface area (Å²) in [5.41, 5.74) is 11.2. The quantitative estimate of drug-likeness (QED) is 0.174. The third-order valence-electron chi connectivity index (χ3n) is 7.76. The minimum Gasteiger partial charge on any atom is -0.386 e. The molecule has 11 nitrogen and oxygen atoms in total. The van der Waals surface area contributed by atoms with E-state index in [1.807, 2.05) is 50.4 Å². The lowest BCUT2D eigenvalue weighted by atomic mass is 10.0. The van der Waals surface area contributed by atoms with Gasteiger partial charge in [-0.05, 0) is 67.8 Å². The van der Waals surface area contributed by atoms with E-state index in [2.05, 4.69) is 72.6 Å². The monoisotopic (exact) mass is 599 g/mol. The summed E-state index contributed by atoms with van der Waals surface area (Å²) in [7, 11) is 1.87. The first kappa shape index (κ1) is 30.8. The molecule has 0 bridgehead atoms. The smallest absolute Gasteiger partial charge is 0.234 e. The van der Waals surface area contributed by atoms with Gasteiger partial charge in [0.15, 0.2) is 5.82 Å². The number of aromatic nitrogens is 3. The molecule has 2 aromatic carbocycles. The first-order valence-electron chi connectivity index (χ1n) is 14.9. The Balaban J connectivity index is 1.33. The molecule has 1 aliphatic rings. The number of hydrogen-bond donors (Lipinski definition) is 4. The molecule has 45 heavy (non-hydrogen) atoms. The molecule has 4 aromatic rings. The number of nitrogens with zero attached hydrogens (tertiary/aromatic N) is 7. The zero-order chi connectivity index (χ0) is 31.8. The van der Waals surface area contributed by atoms with Gasteiger partial charge in [0.1, 0.15) is 18.1 Å². The van der Waals surface area contributed by atoms with Crippen molar-refractivity contribution in [2.24, 2.45) is 5.73 Å². The van der Waals surface area contributed by atoms with Crippen molar-refractivity contribution in [2.45, 2.75) is 38.5 Å². The van der Waals surface area contributed by atoms with E-state index in [-0.39, 0.29) is 12.0 Å². The number of nitrogens with two attached hydrogens (primary N) is 1. The van der Waals surface area contributed by atoms with Gasteiger partial charge in [-0.15, -0.1) is 0 Å². The van der Waals surface area contributed by atoms with E-state index in [0.29, 0.717) is 29.1 Å². The van der Waals surface area contributed by atoms with Gasteiger partial charge in [-0.25, -0.2) is 15.0 Å². The van der Waals surface area contributed by atoms with E-state index in [9.17, 15) is 5.26 Å². The number of hydrogen-bond acceptors (Lipinski definition) is 11. The Kier molecular flexibility index (Phi) is 9.73. The second-order valence-electron chi connectivity index (χ2n) is 11.0. The highest BCUT2D eigenvalue weighted by Gasteiger charge is 2.23. The van der Waals surface area contributed by atoms with Crippen LogP contribution >= 0.6 is 0 Å². The highest BCUT2D eigenvalue weighted by Crippen LogP contribution is 2.35. The lowest BCUT2D eigenvalue weighted by Gasteiger charge is -2.34. The molecule has 0 spiro atoms. The summed E-state index contributed by atoms with van der Waals surface area (Å²) in [6.07, 6.45) is 3.31. The van der Waals surface area contributed by atoms with E-state index in [4.69, 9.17) is 16.0 Å². The maximum Gasteiger partial charge on any atom is 0.234 e. The molecule has 11 heteroatoms. The van der Waals surface area contributed by atoms with Crippen LogP contribution in [0.25, 0.3) is 11.3 Å². The number of nitrogens with one attached hydrogen (secondary N) is 3. The number of nitriles is 2. The van der Waals surface area contributed by atoms with Gasteiger partial charge < -0.3 is 26.6 Å². The molecule has 5 rings (SSSR count). The zero-order valence-electron chi connectivity index (χ0n) is 25.5. The van der Waals surface area contributed by atoms with Gasteiger partial charge >= 0.3 is 0 Å². The molecule has 228 valence electrons. The summed E-state index contributed by atoms with van der Waals surface area (Å²) in [6, 6.07) is 26.2. The molecule has 1 saturated heterocycles. The van der Waals surface area contributed by atoms with Crippen molar-refractivity contribution in [3.05, 3.63) is 102 Å². The summed E-state index contributed by atoms with van der Waals surface area (Å²) in [5.74, 6) is 1.94. The molecule has 5 N–H and O–H groups in total. The largest absolute Gasteiger partial charge is 0.386 e. The predicted molar refractivity (Wildman–Crippen MR) is 177 cm³/mol. The van der Waals surface area contributed by atoms with Gasteiger partial charge in [0.2, 0.25) is 5.82 Å². The van der Waals surface area contributed by atoms with Crippen molar-refractivity contribution in [3.8, 4) is 23.4 Å². The Bertz CT molecular complexity index is 1710. The van der Waals surface area contributed by atoms with Crippen molar-refractivity contribution in [1.29, 1.82) is 10.5 Å². The SMILES string of the molecule is C=C(N)NC(C)N(c1ccc(CN2CCC(Nc3ccnc(C#N)n3)CC2)cc1)c1nc(-c2cccc(C#N)c2)ccc1NC. The lowest BCUT2D eigenvalue weighted by molar-refractivity contribution is 0.211. The summed E-state index contributed by atoms with van der Waals surface area (Å²) >= 11 is 0. The fraction of sp³-hybridized carbons (Fsp3) is 0.265. The second-order valence-corrected chi connectivity index (χ2v) is 11.0. The summed E-state index contributed by atoms with van der Waals surface area (Å²) in [5, 5.41) is 28.4. The van der Waals surface area contributed by atoms with Crippen molar-refractivity contribution in [2.75, 3.05) is 35.7 Å². The molecule has 1 atom stereocenters. The predicted octanol–water partition coefficient (Wildman–Crippen LogP) is 4.90. The minimum atomic E-state index is -0.265. The maximum absolute atomic E-state index is 9.41. The average Bonchev–Trinajstić information content (AvgIpc) is 3.06. The van der Waals surface area contributed by atoms with Gasteiger partial charge in [-0.3, -0.25) is 4.90 Å². The van der Waals surface area contributed by atoms with Gasteiger partial charge in [-0.1, -0.05) is 30.8 Å². The zero-order valence-corrected chi connectivity index (χ0v) is 25.5. The van der Waals surface area contributed by atoms with E-state index in [0.717, 1.165) is 55.1 Å². The summed E-state index contributed by atoms with van der Waals surface area (Å²) in [6.45, 7) is 8.62. The molecule has 0 saturated carbocycles. The van der Waals surface area contributed by atoms with Crippen LogP contribution in [-0.4, -0.2) is 52.2 Å². The van der Waals surface area contributed by atoms with Crippen LogP contribution in [-0.2, 0) is 6.54 Å². The Labute approximate surface area is 264 Å². The van der Waals surface area contributed by atoms with Crippen LogP contribution in [0.5, 0.6) is 0 Å². The van der Waals surface area contributed by atoms with Crippen LogP contribution < -0.4 is 26.6 Å². The number of pyridine rings is 1. The van der Waals surface area contributed by atoms with Crippen LogP contribution in [0.15, 0.2) is 85.3 Å². The average molecular weight is 600 g/mol. The summed E-state index contributed by atoms with van der Waals surface area (Å²) in [4.78, 5) is 17.8. The van der Waals surface area contributed by atoms with Crippen LogP contribution in [0.3, 0.4) is 0 Å². The van der Waals surface area contributed by atoms with Crippen molar-refractivity contribution in [3.63, 3.8) is 0 Å². The molecule has 1 unspecified atom stereocenters. The molecular weight excluding hydrogens is 562 g/mol. The van der Waals surface area contributed by atoms with Crippen LogP contribution in [0.4, 0.5) is 23.0 Å². The van der Waals surface area contributed by atoms with E-state index in [1.165, 1.54) is 5.56 Å². The van der Waals surface area contributed by atoms with Crippen molar-refractivity contribution in [1.82, 2.24) is 25.2 Å². The van der Waals surface area contributed by atoms with Gasteiger partial charge in [-0.2, -0.15) is 10.5 Å². The number of benzene rings is 2. The Hall–Kier alpha value is -5.65. The lowest BCUT2D eigenvalue weighted by Crippen LogP contribution is -2.42. The molecule has 2 aromatic heterocycles. The van der Waals surface area contributed by atoms with E-state index < -0.39 is 0 Å². The highest BCUT2D eigenvalue weighted by molar-refractivity contribution is 5.77. The van der Waals surface area contributed by atoms with E-state index in [1.54, 1.807) is 18.3 Å². The summed E-state index contributed by atoms with van der Waals surface area (Å²) < 4.78 is 0. The van der Waals surface area contributed by atoms with Gasteiger partial charge in [0.25, 0.3) is 0 Å². The second kappa shape index (κ2) is 14.2. The third-order valence-corrected chi connectivity index (χ3v) is 7.76. The first-order chi connectivity index (χ1) is 21.9. The Morgan fingerprint density at radius 1 is 1.07 bits per heavy atom. The number of piperidine rings is 1. The van der Waals surface area contributed by atoms with Crippen LogP contribution in [0.1, 0.15) is 36.7 Å². The number of rotatable bonds is 11. The molecule has 0 amide bonds. The maximum atomic E-state index is 9.41. The standard InChI is InChI=1S/C34H37N11/c1-23(37)40-24(2)45(34-31(38-3)12-11-30(42-34)27-6-4-5-26(19-27)20-35)29-9-7-25(8-10-29)22-44-17-14-28(15-18-44)41-32-13-16-39-33(21-36)43-32/h4-13,16,19,24,28,38,40H,1,14-15,17-18,22,37H2,2-3H3,(H,39,41,43).